The fourth-order valence-electron chi connectivity index (χ4n) is 3.40. The first-order valence-electron chi connectivity index (χ1n) is 8.86. The average molecular weight is 342 g/mol. The van der Waals surface area contributed by atoms with Crippen molar-refractivity contribution in [3.05, 3.63) is 59.0 Å². The van der Waals surface area contributed by atoms with E-state index >= 15 is 0 Å². The molecule has 1 amide bonds. The number of carbonyl (C=O) groups is 1. The lowest BCUT2D eigenvalue weighted by Gasteiger charge is -2.33. The van der Waals surface area contributed by atoms with Crippen molar-refractivity contribution in [2.45, 2.75) is 38.8 Å². The fraction of sp³-hybridized carbons (Fsp3) is 0.450. The van der Waals surface area contributed by atoms with E-state index in [1.165, 1.54) is 0 Å². The molecule has 1 saturated heterocycles. The highest BCUT2D eigenvalue weighted by Gasteiger charge is 2.24. The van der Waals surface area contributed by atoms with Gasteiger partial charge >= 0.3 is 0 Å². The number of hydrogen-bond acceptors (Lipinski definition) is 4. The number of amides is 1. The third-order valence-corrected chi connectivity index (χ3v) is 4.82. The molecular formula is C20H26N2O3. The maximum Gasteiger partial charge on any atom is 0.255 e. The van der Waals surface area contributed by atoms with Gasteiger partial charge in [0.05, 0.1) is 11.7 Å². The number of likely N-dealkylation sites (tertiary alicyclic amines) is 1. The zero-order valence-corrected chi connectivity index (χ0v) is 14.9. The molecule has 5 heteroatoms. The lowest BCUT2D eigenvalue weighted by Crippen LogP contribution is -2.45. The van der Waals surface area contributed by atoms with Crippen molar-refractivity contribution in [1.82, 2.24) is 10.2 Å². The Morgan fingerprint density at radius 3 is 2.56 bits per heavy atom. The van der Waals surface area contributed by atoms with Gasteiger partial charge in [0.2, 0.25) is 0 Å². The van der Waals surface area contributed by atoms with E-state index in [9.17, 15) is 9.90 Å². The molecule has 134 valence electrons. The molecule has 1 aromatic carbocycles. The molecule has 0 aliphatic carbocycles. The van der Waals surface area contributed by atoms with Crippen LogP contribution in [0.5, 0.6) is 0 Å². The van der Waals surface area contributed by atoms with Crippen molar-refractivity contribution in [3.8, 4) is 0 Å². The summed E-state index contributed by atoms with van der Waals surface area (Å²) < 4.78 is 5.43. The quantitative estimate of drug-likeness (QED) is 0.877. The van der Waals surface area contributed by atoms with Gasteiger partial charge in [-0.3, -0.25) is 4.79 Å². The van der Waals surface area contributed by atoms with Crippen LogP contribution < -0.4 is 5.32 Å². The molecule has 3 rings (SSSR count). The normalized spacial score (nSPS) is 17.4. The molecule has 5 nitrogen and oxygen atoms in total. The summed E-state index contributed by atoms with van der Waals surface area (Å²) in [6, 6.07) is 11.7. The van der Waals surface area contributed by atoms with Crippen LogP contribution in [-0.4, -0.2) is 41.6 Å². The number of nitrogens with one attached hydrogen (secondary N) is 1. The lowest BCUT2D eigenvalue weighted by atomic mass is 10.0. The first kappa shape index (κ1) is 17.7. The first-order chi connectivity index (χ1) is 12.0. The SMILES string of the molecule is Cc1cc(C(=O)NC2CCN(CC(O)c3ccccc3)CC2)c(C)o1. The van der Waals surface area contributed by atoms with Crippen LogP contribution in [0.2, 0.25) is 0 Å². The van der Waals surface area contributed by atoms with Crippen LogP contribution in [-0.2, 0) is 0 Å². The van der Waals surface area contributed by atoms with E-state index in [1.807, 2.05) is 44.2 Å². The monoisotopic (exact) mass is 342 g/mol. The Morgan fingerprint density at radius 2 is 1.96 bits per heavy atom. The van der Waals surface area contributed by atoms with Crippen LogP contribution in [0.3, 0.4) is 0 Å². The number of benzene rings is 1. The summed E-state index contributed by atoms with van der Waals surface area (Å²) in [4.78, 5) is 14.6. The van der Waals surface area contributed by atoms with Crippen LogP contribution in [0.15, 0.2) is 40.8 Å². The van der Waals surface area contributed by atoms with Crippen LogP contribution in [0.1, 0.15) is 46.4 Å². The highest BCUT2D eigenvalue weighted by Crippen LogP contribution is 2.19. The third kappa shape index (κ3) is 4.50. The van der Waals surface area contributed by atoms with Gasteiger partial charge in [-0.15, -0.1) is 0 Å². The van der Waals surface area contributed by atoms with E-state index in [0.29, 0.717) is 17.9 Å². The van der Waals surface area contributed by atoms with Crippen LogP contribution >= 0.6 is 0 Å². The summed E-state index contributed by atoms with van der Waals surface area (Å²) in [5.41, 5.74) is 1.57. The second-order valence-electron chi connectivity index (χ2n) is 6.80. The molecule has 25 heavy (non-hydrogen) atoms. The van der Waals surface area contributed by atoms with Gasteiger partial charge in [-0.25, -0.2) is 0 Å². The van der Waals surface area contributed by atoms with Crippen molar-refractivity contribution in [1.29, 1.82) is 0 Å². The lowest BCUT2D eigenvalue weighted by molar-refractivity contribution is 0.0827. The summed E-state index contributed by atoms with van der Waals surface area (Å²) >= 11 is 0. The molecule has 1 unspecified atom stereocenters. The van der Waals surface area contributed by atoms with Crippen LogP contribution in [0, 0.1) is 13.8 Å². The van der Waals surface area contributed by atoms with Gasteiger partial charge in [-0.2, -0.15) is 0 Å². The maximum absolute atomic E-state index is 12.4. The first-order valence-corrected chi connectivity index (χ1v) is 8.86. The number of nitrogens with zero attached hydrogens (tertiary/aromatic N) is 1. The molecule has 1 aliphatic rings. The topological polar surface area (TPSA) is 65.7 Å². The van der Waals surface area contributed by atoms with Crippen molar-refractivity contribution >= 4 is 5.91 Å². The van der Waals surface area contributed by atoms with E-state index < -0.39 is 6.10 Å². The number of aliphatic hydroxyl groups excluding tert-OH is 1. The summed E-state index contributed by atoms with van der Waals surface area (Å²) in [7, 11) is 0. The van der Waals surface area contributed by atoms with Crippen LogP contribution in [0.25, 0.3) is 0 Å². The molecule has 0 saturated carbocycles. The molecule has 1 atom stereocenters. The second-order valence-corrected chi connectivity index (χ2v) is 6.80. The Hall–Kier alpha value is -2.11. The van der Waals surface area contributed by atoms with Gasteiger partial charge in [-0.05, 0) is 38.3 Å². The zero-order valence-electron chi connectivity index (χ0n) is 14.9. The number of carbonyl (C=O) groups excluding carboxylic acids is 1. The fourth-order valence-corrected chi connectivity index (χ4v) is 3.40. The number of aryl methyl sites for hydroxylation is 2. The largest absolute Gasteiger partial charge is 0.466 e. The van der Waals surface area contributed by atoms with Gasteiger partial charge in [0.25, 0.3) is 5.91 Å². The van der Waals surface area contributed by atoms with Gasteiger partial charge in [0.1, 0.15) is 11.5 Å². The molecule has 2 heterocycles. The van der Waals surface area contributed by atoms with Gasteiger partial charge < -0.3 is 19.7 Å². The smallest absolute Gasteiger partial charge is 0.255 e. The van der Waals surface area contributed by atoms with Gasteiger partial charge in [0, 0.05) is 25.7 Å². The molecule has 1 aliphatic heterocycles. The number of β-amino-alcohol motifs (C(OH)–C–C–N with tert-alkyl or cyclic N) is 1. The highest BCUT2D eigenvalue weighted by atomic mass is 16.3. The zero-order chi connectivity index (χ0) is 17.8. The van der Waals surface area contributed by atoms with E-state index in [2.05, 4.69) is 10.2 Å². The Kier molecular flexibility index (Phi) is 5.56. The van der Waals surface area contributed by atoms with Crippen molar-refractivity contribution in [3.63, 3.8) is 0 Å². The van der Waals surface area contributed by atoms with Crippen molar-refractivity contribution in [2.24, 2.45) is 0 Å². The second kappa shape index (κ2) is 7.85. The number of rotatable bonds is 5. The predicted molar refractivity (Wildman–Crippen MR) is 96.5 cm³/mol. The molecule has 1 fully saturated rings. The molecule has 0 radical (unpaired) electrons. The summed E-state index contributed by atoms with van der Waals surface area (Å²) in [6.07, 6.45) is 1.32. The summed E-state index contributed by atoms with van der Waals surface area (Å²) in [6.45, 7) is 6.04. The minimum absolute atomic E-state index is 0.0582. The standard InChI is InChI=1S/C20H26N2O3/c1-14-12-18(15(2)25-14)20(24)21-17-8-10-22(11-9-17)13-19(23)16-6-4-3-5-7-16/h3-7,12,17,19,23H,8-11,13H2,1-2H3,(H,21,24). The number of aliphatic hydroxyl groups is 1. The van der Waals surface area contributed by atoms with E-state index in [-0.39, 0.29) is 11.9 Å². The van der Waals surface area contributed by atoms with Gasteiger partial charge in [-0.1, -0.05) is 30.3 Å². The Balaban J connectivity index is 1.47. The van der Waals surface area contributed by atoms with Crippen molar-refractivity contribution < 1.29 is 14.3 Å². The molecular weight excluding hydrogens is 316 g/mol. The summed E-state index contributed by atoms with van der Waals surface area (Å²) in [5.74, 6) is 1.36. The van der Waals surface area contributed by atoms with E-state index in [4.69, 9.17) is 4.42 Å². The Labute approximate surface area is 148 Å². The minimum Gasteiger partial charge on any atom is -0.466 e. The van der Waals surface area contributed by atoms with E-state index in [0.717, 1.165) is 37.3 Å². The number of piperidine rings is 1. The van der Waals surface area contributed by atoms with E-state index in [1.54, 1.807) is 6.07 Å². The predicted octanol–water partition coefficient (Wildman–Crippen LogP) is 2.82. The van der Waals surface area contributed by atoms with Gasteiger partial charge in [0.15, 0.2) is 0 Å². The molecule has 2 aromatic rings. The van der Waals surface area contributed by atoms with Crippen LogP contribution in [0.4, 0.5) is 0 Å². The summed E-state index contributed by atoms with van der Waals surface area (Å²) in [5, 5.41) is 13.5. The Bertz CT molecular complexity index is 703. The molecule has 1 aromatic heterocycles. The molecule has 0 spiro atoms. The average Bonchev–Trinajstić information content (AvgIpc) is 2.96. The number of furan rings is 1. The third-order valence-electron chi connectivity index (χ3n) is 4.82. The number of hydrogen-bond donors (Lipinski definition) is 2. The Morgan fingerprint density at radius 1 is 1.28 bits per heavy atom. The minimum atomic E-state index is -0.469. The molecule has 0 bridgehead atoms. The molecule has 2 N–H and O–H groups in total. The maximum atomic E-state index is 12.4. The van der Waals surface area contributed by atoms with Crippen molar-refractivity contribution in [2.75, 3.05) is 19.6 Å². The highest BCUT2D eigenvalue weighted by molar-refractivity contribution is 5.95.